The second-order valence-corrected chi connectivity index (χ2v) is 8.85. The Hall–Kier alpha value is -4.34. The van der Waals surface area contributed by atoms with Gasteiger partial charge in [0.2, 0.25) is 11.8 Å². The minimum atomic E-state index is -1.19. The average Bonchev–Trinajstić information content (AvgIpc) is 3.29. The highest BCUT2D eigenvalue weighted by Crippen LogP contribution is 2.44. The summed E-state index contributed by atoms with van der Waals surface area (Å²) in [6.07, 6.45) is 0.785. The van der Waals surface area contributed by atoms with E-state index in [2.05, 4.69) is 30.7 Å². The Morgan fingerprint density at radius 1 is 0.657 bits per heavy atom. The number of rotatable bonds is 0. The van der Waals surface area contributed by atoms with Crippen LogP contribution in [0.4, 0.5) is 22.7 Å². The zero-order valence-electron chi connectivity index (χ0n) is 19.9. The summed E-state index contributed by atoms with van der Waals surface area (Å²) in [6.45, 7) is 3.77. The third-order valence-electron chi connectivity index (χ3n) is 6.26. The van der Waals surface area contributed by atoms with Gasteiger partial charge in [-0.05, 0) is 37.1 Å². The predicted molar refractivity (Wildman–Crippen MR) is 129 cm³/mol. The summed E-state index contributed by atoms with van der Waals surface area (Å²) in [5, 5.41) is 27.2. The van der Waals surface area contributed by atoms with E-state index < -0.39 is 5.79 Å². The molecule has 0 radical (unpaired) electrons. The van der Waals surface area contributed by atoms with Crippen molar-refractivity contribution in [1.82, 2.24) is 19.6 Å². The molecule has 2 aliphatic rings. The molecule has 4 aromatic rings. The molecule has 0 bridgehead atoms. The molecule has 0 atom stereocenters. The lowest BCUT2D eigenvalue weighted by Crippen LogP contribution is -2.47. The molecule has 176 valence electrons. The molecule has 0 saturated heterocycles. The maximum absolute atomic E-state index is 6.82. The van der Waals surface area contributed by atoms with E-state index in [4.69, 9.17) is 9.47 Å². The van der Waals surface area contributed by atoms with Crippen LogP contribution in [0.15, 0.2) is 69.0 Å². The fourth-order valence-corrected chi connectivity index (χ4v) is 4.59. The van der Waals surface area contributed by atoms with Crippen LogP contribution in [-0.2, 0) is 26.9 Å². The zero-order valence-corrected chi connectivity index (χ0v) is 19.9. The standard InChI is InChI=1S/C25H24N8O2/c1-15-21-23(32(3)30-15)34-25(13-17-9-5-7-11-19(17)26-28-21)14-18-10-6-8-12-20(18)27-29-22-16(2)31-33(4)24(22)35-25/h5-12H,13-14H2,1-4H3. The lowest BCUT2D eigenvalue weighted by molar-refractivity contribution is -0.120. The van der Waals surface area contributed by atoms with Crippen LogP contribution in [-0.4, -0.2) is 25.3 Å². The molecule has 0 amide bonds. The summed E-state index contributed by atoms with van der Waals surface area (Å²) >= 11 is 0. The summed E-state index contributed by atoms with van der Waals surface area (Å²) in [4.78, 5) is 0. The second-order valence-electron chi connectivity index (χ2n) is 8.85. The van der Waals surface area contributed by atoms with Gasteiger partial charge in [-0.3, -0.25) is 0 Å². The van der Waals surface area contributed by atoms with Crippen LogP contribution in [0.25, 0.3) is 0 Å². The molecule has 4 heterocycles. The number of hydrogen-bond acceptors (Lipinski definition) is 8. The minimum Gasteiger partial charge on any atom is -0.432 e. The van der Waals surface area contributed by atoms with Crippen molar-refractivity contribution in [2.24, 2.45) is 34.6 Å². The summed E-state index contributed by atoms with van der Waals surface area (Å²) in [7, 11) is 3.65. The van der Waals surface area contributed by atoms with E-state index in [1.54, 1.807) is 9.36 Å². The van der Waals surface area contributed by atoms with Gasteiger partial charge in [0.1, 0.15) is 0 Å². The Morgan fingerprint density at radius 2 is 1.09 bits per heavy atom. The number of azo groups is 2. The maximum Gasteiger partial charge on any atom is 0.263 e. The number of ether oxygens (including phenoxy) is 2. The summed E-state index contributed by atoms with van der Waals surface area (Å²) in [5.41, 5.74) is 5.95. The van der Waals surface area contributed by atoms with Crippen molar-refractivity contribution >= 4 is 22.7 Å². The first-order valence-electron chi connectivity index (χ1n) is 11.4. The van der Waals surface area contributed by atoms with Crippen molar-refractivity contribution in [1.29, 1.82) is 0 Å². The first-order chi connectivity index (χ1) is 16.9. The smallest absolute Gasteiger partial charge is 0.263 e. The van der Waals surface area contributed by atoms with Crippen LogP contribution >= 0.6 is 0 Å². The molecule has 2 aromatic carbocycles. The lowest BCUT2D eigenvalue weighted by Gasteiger charge is -2.34. The monoisotopic (exact) mass is 468 g/mol. The van der Waals surface area contributed by atoms with E-state index in [0.29, 0.717) is 47.4 Å². The van der Waals surface area contributed by atoms with Crippen LogP contribution in [0.5, 0.6) is 11.8 Å². The van der Waals surface area contributed by atoms with Gasteiger partial charge in [-0.1, -0.05) is 36.4 Å². The van der Waals surface area contributed by atoms with E-state index in [-0.39, 0.29) is 0 Å². The highest BCUT2D eigenvalue weighted by atomic mass is 16.7. The van der Waals surface area contributed by atoms with E-state index in [0.717, 1.165) is 22.5 Å². The molecule has 2 aromatic heterocycles. The van der Waals surface area contributed by atoms with Crippen LogP contribution in [0.3, 0.4) is 0 Å². The molecule has 0 unspecified atom stereocenters. The van der Waals surface area contributed by atoms with Crippen molar-refractivity contribution in [3.63, 3.8) is 0 Å². The molecule has 35 heavy (non-hydrogen) atoms. The highest BCUT2D eigenvalue weighted by molar-refractivity contribution is 5.57. The Morgan fingerprint density at radius 3 is 1.54 bits per heavy atom. The van der Waals surface area contributed by atoms with E-state index >= 15 is 0 Å². The van der Waals surface area contributed by atoms with Gasteiger partial charge in [0, 0.05) is 14.1 Å². The highest BCUT2D eigenvalue weighted by Gasteiger charge is 2.42. The van der Waals surface area contributed by atoms with Crippen molar-refractivity contribution < 1.29 is 9.47 Å². The Kier molecular flexibility index (Phi) is 4.77. The maximum atomic E-state index is 6.82. The van der Waals surface area contributed by atoms with Gasteiger partial charge in [0.25, 0.3) is 5.79 Å². The van der Waals surface area contributed by atoms with Gasteiger partial charge in [0.15, 0.2) is 11.4 Å². The van der Waals surface area contributed by atoms with Crippen LogP contribution in [0, 0.1) is 13.8 Å². The molecule has 0 aliphatic carbocycles. The van der Waals surface area contributed by atoms with Crippen LogP contribution in [0.1, 0.15) is 22.5 Å². The van der Waals surface area contributed by atoms with Gasteiger partial charge in [-0.25, -0.2) is 9.36 Å². The van der Waals surface area contributed by atoms with Gasteiger partial charge in [-0.2, -0.15) is 20.4 Å². The number of nitrogens with zero attached hydrogens (tertiary/aromatic N) is 8. The molecule has 2 aliphatic heterocycles. The third-order valence-corrected chi connectivity index (χ3v) is 6.26. The first-order valence-corrected chi connectivity index (χ1v) is 11.4. The Balaban J connectivity index is 1.63. The summed E-state index contributed by atoms with van der Waals surface area (Å²) in [5.74, 6) is -0.240. The zero-order chi connectivity index (χ0) is 24.2. The van der Waals surface area contributed by atoms with Gasteiger partial charge >= 0.3 is 0 Å². The Labute approximate surface area is 201 Å². The van der Waals surface area contributed by atoms with Gasteiger partial charge in [-0.15, -0.1) is 10.2 Å². The number of aryl methyl sites for hydroxylation is 4. The number of aromatic nitrogens is 4. The SMILES string of the molecule is Cc1nn(C)c2c1N=Nc1ccccc1CC1(Cc3ccccc3N=Nc3c(C)nn(C)c3O1)O2. The molecule has 0 N–H and O–H groups in total. The minimum absolute atomic E-state index is 0.393. The fourth-order valence-electron chi connectivity index (χ4n) is 4.59. The largest absolute Gasteiger partial charge is 0.432 e. The molecule has 1 spiro atoms. The summed E-state index contributed by atoms with van der Waals surface area (Å²) < 4.78 is 17.0. The number of fused-ring (bicyclic) bond motifs is 4. The predicted octanol–water partition coefficient (Wildman–Crippen LogP) is 5.87. The van der Waals surface area contributed by atoms with Crippen LogP contribution in [0.2, 0.25) is 0 Å². The topological polar surface area (TPSA) is 104 Å². The van der Waals surface area contributed by atoms with E-state index in [1.807, 2.05) is 76.5 Å². The van der Waals surface area contributed by atoms with E-state index in [9.17, 15) is 0 Å². The molecular weight excluding hydrogens is 444 g/mol. The van der Waals surface area contributed by atoms with Crippen LogP contribution < -0.4 is 9.47 Å². The van der Waals surface area contributed by atoms with Gasteiger partial charge in [0.05, 0.1) is 35.6 Å². The average molecular weight is 469 g/mol. The third kappa shape index (κ3) is 3.58. The lowest BCUT2D eigenvalue weighted by atomic mass is 9.95. The molecule has 0 saturated carbocycles. The normalized spacial score (nSPS) is 18.4. The van der Waals surface area contributed by atoms with E-state index in [1.165, 1.54) is 0 Å². The molecule has 10 heteroatoms. The van der Waals surface area contributed by atoms with Gasteiger partial charge < -0.3 is 9.47 Å². The quantitative estimate of drug-likeness (QED) is 0.322. The number of hydrogen-bond donors (Lipinski definition) is 0. The molecule has 0 fully saturated rings. The fraction of sp³-hybridized carbons (Fsp3) is 0.280. The summed E-state index contributed by atoms with van der Waals surface area (Å²) in [6, 6.07) is 15.8. The number of benzene rings is 2. The van der Waals surface area contributed by atoms with Crippen molar-refractivity contribution in [2.45, 2.75) is 32.5 Å². The van der Waals surface area contributed by atoms with Crippen molar-refractivity contribution in [2.75, 3.05) is 0 Å². The molecule has 6 rings (SSSR count). The molecular formula is C25H24N8O2. The van der Waals surface area contributed by atoms with Crippen molar-refractivity contribution in [3.8, 4) is 11.8 Å². The first kappa shape index (κ1) is 21.2. The second kappa shape index (κ2) is 7.86. The molecule has 10 nitrogen and oxygen atoms in total. The Bertz CT molecular complexity index is 1400. The van der Waals surface area contributed by atoms with Crippen molar-refractivity contribution in [3.05, 3.63) is 71.0 Å².